The number of ketones is 1. The van der Waals surface area contributed by atoms with Crippen LogP contribution in [0.4, 0.5) is 0 Å². The number of hydrogen-bond donors (Lipinski definition) is 0. The third-order valence-corrected chi connectivity index (χ3v) is 7.27. The van der Waals surface area contributed by atoms with E-state index in [1.165, 1.54) is 41.7 Å². The SMILES string of the molecule is COc1ccc(C(=O)Oc2ccc(C(=O)c3ccccc3)cc2)cc1S(=O)(=O)N1CCOCC1. The number of benzene rings is 3. The van der Waals surface area contributed by atoms with Crippen molar-refractivity contribution in [3.63, 3.8) is 0 Å². The van der Waals surface area contributed by atoms with Gasteiger partial charge >= 0.3 is 5.97 Å². The van der Waals surface area contributed by atoms with Crippen molar-refractivity contribution in [2.24, 2.45) is 0 Å². The highest BCUT2D eigenvalue weighted by molar-refractivity contribution is 7.89. The molecule has 34 heavy (non-hydrogen) atoms. The van der Waals surface area contributed by atoms with E-state index in [1.807, 2.05) is 6.07 Å². The summed E-state index contributed by atoms with van der Waals surface area (Å²) < 4.78 is 43.4. The summed E-state index contributed by atoms with van der Waals surface area (Å²) in [7, 11) is -2.53. The van der Waals surface area contributed by atoms with Gasteiger partial charge in [-0.3, -0.25) is 4.79 Å². The summed E-state index contributed by atoms with van der Waals surface area (Å²) >= 11 is 0. The molecule has 0 saturated carbocycles. The minimum atomic E-state index is -3.89. The van der Waals surface area contributed by atoms with Gasteiger partial charge in [0.15, 0.2) is 5.78 Å². The van der Waals surface area contributed by atoms with Crippen molar-refractivity contribution in [2.45, 2.75) is 4.90 Å². The molecule has 0 unspecified atom stereocenters. The van der Waals surface area contributed by atoms with Gasteiger partial charge in [0, 0.05) is 24.2 Å². The Morgan fingerprint density at radius 3 is 2.12 bits per heavy atom. The van der Waals surface area contributed by atoms with Gasteiger partial charge in [0.1, 0.15) is 16.4 Å². The van der Waals surface area contributed by atoms with E-state index in [-0.39, 0.29) is 40.8 Å². The molecule has 1 saturated heterocycles. The number of rotatable bonds is 7. The third kappa shape index (κ3) is 5.01. The van der Waals surface area contributed by atoms with Gasteiger partial charge < -0.3 is 14.2 Å². The summed E-state index contributed by atoms with van der Waals surface area (Å²) in [5, 5.41) is 0. The summed E-state index contributed by atoms with van der Waals surface area (Å²) in [4.78, 5) is 25.2. The van der Waals surface area contributed by atoms with E-state index in [2.05, 4.69) is 0 Å². The molecule has 0 radical (unpaired) electrons. The molecule has 0 aromatic heterocycles. The Hall–Kier alpha value is -3.53. The zero-order chi connectivity index (χ0) is 24.1. The van der Waals surface area contributed by atoms with Crippen molar-refractivity contribution in [1.29, 1.82) is 0 Å². The first-order valence-corrected chi connectivity index (χ1v) is 12.0. The number of ether oxygens (including phenoxy) is 3. The summed E-state index contributed by atoms with van der Waals surface area (Å²) in [6.45, 7) is 1.03. The molecule has 3 aromatic carbocycles. The first-order valence-electron chi connectivity index (χ1n) is 10.6. The van der Waals surface area contributed by atoms with E-state index in [1.54, 1.807) is 36.4 Å². The third-order valence-electron chi connectivity index (χ3n) is 5.35. The fourth-order valence-electron chi connectivity index (χ4n) is 3.53. The number of esters is 1. The maximum atomic E-state index is 13.1. The zero-order valence-corrected chi connectivity index (χ0v) is 19.3. The van der Waals surface area contributed by atoms with E-state index in [0.29, 0.717) is 24.3 Å². The molecule has 0 amide bonds. The Morgan fingerprint density at radius 1 is 0.853 bits per heavy atom. The molecule has 3 aromatic rings. The molecular formula is C25H23NO7S. The second-order valence-corrected chi connectivity index (χ2v) is 9.40. The largest absolute Gasteiger partial charge is 0.495 e. The zero-order valence-electron chi connectivity index (χ0n) is 18.5. The molecule has 8 nitrogen and oxygen atoms in total. The van der Waals surface area contributed by atoms with Crippen LogP contribution in [0, 0.1) is 0 Å². The lowest BCUT2D eigenvalue weighted by Gasteiger charge is -2.26. The minimum Gasteiger partial charge on any atom is -0.495 e. The normalized spacial score (nSPS) is 14.4. The number of morpholine rings is 1. The van der Waals surface area contributed by atoms with E-state index in [9.17, 15) is 18.0 Å². The number of carbonyl (C=O) groups is 2. The van der Waals surface area contributed by atoms with Crippen LogP contribution in [0.5, 0.6) is 11.5 Å². The van der Waals surface area contributed by atoms with Gasteiger partial charge in [-0.05, 0) is 42.5 Å². The average molecular weight is 482 g/mol. The lowest BCUT2D eigenvalue weighted by Crippen LogP contribution is -2.40. The van der Waals surface area contributed by atoms with E-state index in [4.69, 9.17) is 14.2 Å². The Balaban J connectivity index is 1.53. The predicted molar refractivity (Wildman–Crippen MR) is 124 cm³/mol. The topological polar surface area (TPSA) is 99.2 Å². The van der Waals surface area contributed by atoms with E-state index in [0.717, 1.165) is 0 Å². The van der Waals surface area contributed by atoms with Gasteiger partial charge in [0.2, 0.25) is 10.0 Å². The van der Waals surface area contributed by atoms with Crippen LogP contribution in [0.25, 0.3) is 0 Å². The molecule has 0 N–H and O–H groups in total. The summed E-state index contributed by atoms with van der Waals surface area (Å²) in [6, 6.07) is 19.1. The highest BCUT2D eigenvalue weighted by Gasteiger charge is 2.30. The van der Waals surface area contributed by atoms with Gasteiger partial charge in [0.25, 0.3) is 0 Å². The monoisotopic (exact) mass is 481 g/mol. The lowest BCUT2D eigenvalue weighted by atomic mass is 10.0. The molecule has 0 bridgehead atoms. The maximum Gasteiger partial charge on any atom is 0.343 e. The van der Waals surface area contributed by atoms with Crippen LogP contribution in [0.2, 0.25) is 0 Å². The summed E-state index contributed by atoms with van der Waals surface area (Å²) in [5.41, 5.74) is 1.06. The van der Waals surface area contributed by atoms with Gasteiger partial charge in [0.05, 0.1) is 25.9 Å². The quantitative estimate of drug-likeness (QED) is 0.290. The van der Waals surface area contributed by atoms with Crippen LogP contribution in [0.15, 0.2) is 77.7 Å². The van der Waals surface area contributed by atoms with Gasteiger partial charge in [-0.1, -0.05) is 30.3 Å². The van der Waals surface area contributed by atoms with Crippen molar-refractivity contribution in [1.82, 2.24) is 4.31 Å². The Labute approximate surface area is 197 Å². The molecule has 0 atom stereocenters. The van der Waals surface area contributed by atoms with Gasteiger partial charge in [-0.25, -0.2) is 13.2 Å². The van der Waals surface area contributed by atoms with Gasteiger partial charge in [-0.15, -0.1) is 0 Å². The number of sulfonamides is 1. The Bertz CT molecular complexity index is 1280. The van der Waals surface area contributed by atoms with E-state index < -0.39 is 16.0 Å². The minimum absolute atomic E-state index is 0.0528. The summed E-state index contributed by atoms with van der Waals surface area (Å²) in [6.07, 6.45) is 0. The Morgan fingerprint density at radius 2 is 1.47 bits per heavy atom. The van der Waals surface area contributed by atoms with Crippen molar-refractivity contribution >= 4 is 21.8 Å². The van der Waals surface area contributed by atoms with Crippen LogP contribution in [-0.4, -0.2) is 57.9 Å². The van der Waals surface area contributed by atoms with Crippen molar-refractivity contribution in [3.05, 3.63) is 89.5 Å². The second kappa shape index (κ2) is 10.2. The summed E-state index contributed by atoms with van der Waals surface area (Å²) in [5.74, 6) is -0.523. The fraction of sp³-hybridized carbons (Fsp3) is 0.200. The molecular weight excluding hydrogens is 458 g/mol. The average Bonchev–Trinajstić information content (AvgIpc) is 2.89. The first kappa shape index (κ1) is 23.6. The van der Waals surface area contributed by atoms with Gasteiger partial charge in [-0.2, -0.15) is 4.31 Å². The molecule has 1 aliphatic heterocycles. The fourth-order valence-corrected chi connectivity index (χ4v) is 5.12. The maximum absolute atomic E-state index is 13.1. The molecule has 1 heterocycles. The standard InChI is InChI=1S/C25H23NO7S/c1-31-22-12-9-20(17-23(22)34(29,30)26-13-15-32-16-14-26)25(28)33-21-10-7-19(8-11-21)24(27)18-5-3-2-4-6-18/h2-12,17H,13-16H2,1H3. The van der Waals surface area contributed by atoms with Crippen molar-refractivity contribution in [2.75, 3.05) is 33.4 Å². The van der Waals surface area contributed by atoms with Crippen LogP contribution in [0.3, 0.4) is 0 Å². The molecule has 176 valence electrons. The molecule has 9 heteroatoms. The molecule has 0 spiro atoms. The van der Waals surface area contributed by atoms with Crippen LogP contribution in [-0.2, 0) is 14.8 Å². The predicted octanol–water partition coefficient (Wildman–Crippen LogP) is 3.17. The van der Waals surface area contributed by atoms with Crippen molar-refractivity contribution in [3.8, 4) is 11.5 Å². The number of hydrogen-bond acceptors (Lipinski definition) is 7. The smallest absolute Gasteiger partial charge is 0.343 e. The highest BCUT2D eigenvalue weighted by atomic mass is 32.2. The van der Waals surface area contributed by atoms with Crippen molar-refractivity contribution < 1.29 is 32.2 Å². The van der Waals surface area contributed by atoms with Crippen LogP contribution in [0.1, 0.15) is 26.3 Å². The number of carbonyl (C=O) groups excluding carboxylic acids is 2. The Kier molecular flexibility index (Phi) is 7.06. The molecule has 1 aliphatic rings. The lowest BCUT2D eigenvalue weighted by molar-refractivity contribution is 0.0726. The number of nitrogens with zero attached hydrogens (tertiary/aromatic N) is 1. The molecule has 1 fully saturated rings. The second-order valence-electron chi connectivity index (χ2n) is 7.49. The molecule has 0 aliphatic carbocycles. The number of methoxy groups -OCH3 is 1. The van der Waals surface area contributed by atoms with Crippen LogP contribution >= 0.6 is 0 Å². The highest BCUT2D eigenvalue weighted by Crippen LogP contribution is 2.29. The molecule has 4 rings (SSSR count). The first-order chi connectivity index (χ1) is 16.4. The van der Waals surface area contributed by atoms with E-state index >= 15 is 0 Å². The van der Waals surface area contributed by atoms with Crippen LogP contribution < -0.4 is 9.47 Å².